The third-order valence-corrected chi connectivity index (χ3v) is 6.19. The number of halogens is 1. The molecule has 162 valence electrons. The van der Waals surface area contributed by atoms with Gasteiger partial charge < -0.3 is 10.3 Å². The number of aryl methyl sites for hydroxylation is 2. The van der Waals surface area contributed by atoms with Crippen molar-refractivity contribution in [1.82, 2.24) is 15.0 Å². The molecule has 0 bridgehead atoms. The summed E-state index contributed by atoms with van der Waals surface area (Å²) in [6, 6.07) is 20.0. The third kappa shape index (κ3) is 5.21. The molecule has 0 aliphatic heterocycles. The fourth-order valence-corrected chi connectivity index (χ4v) is 4.07. The molecular weight excluding hydrogens is 440 g/mol. The minimum Gasteiger partial charge on any atom is -0.332 e. The van der Waals surface area contributed by atoms with E-state index >= 15 is 0 Å². The molecule has 2 aromatic carbocycles. The smallest absolute Gasteiger partial charge is 0.238 e. The second-order valence-corrected chi connectivity index (χ2v) is 9.37. The van der Waals surface area contributed by atoms with Gasteiger partial charge in [-0.15, -0.1) is 0 Å². The van der Waals surface area contributed by atoms with E-state index in [4.69, 9.17) is 16.6 Å². The molecule has 4 aromatic rings. The van der Waals surface area contributed by atoms with Crippen LogP contribution >= 0.6 is 23.4 Å². The highest BCUT2D eigenvalue weighted by atomic mass is 35.5. The summed E-state index contributed by atoms with van der Waals surface area (Å²) in [5, 5.41) is 3.64. The Morgan fingerprint density at radius 3 is 2.19 bits per heavy atom. The van der Waals surface area contributed by atoms with Crippen LogP contribution in [0.25, 0.3) is 22.5 Å². The summed E-state index contributed by atoms with van der Waals surface area (Å²) in [5.74, 6) is 0.307. The number of anilines is 1. The topological polar surface area (TPSA) is 70.7 Å². The SMILES string of the molecule is Cc1ccc(-c2nc(SC(C)C(=O)Nc3ccc(Cl)cn3)[nH]c2-c2ccc(C)cc2)cc1. The first-order valence-corrected chi connectivity index (χ1v) is 11.5. The molecule has 4 rings (SSSR count). The number of benzene rings is 2. The van der Waals surface area contributed by atoms with E-state index in [-0.39, 0.29) is 11.2 Å². The quantitative estimate of drug-likeness (QED) is 0.319. The van der Waals surface area contributed by atoms with Crippen molar-refractivity contribution in [3.63, 3.8) is 0 Å². The molecule has 0 radical (unpaired) electrons. The lowest BCUT2D eigenvalue weighted by atomic mass is 10.0. The van der Waals surface area contributed by atoms with Crippen molar-refractivity contribution in [2.75, 3.05) is 5.32 Å². The molecule has 0 fully saturated rings. The monoisotopic (exact) mass is 462 g/mol. The number of pyridine rings is 1. The minimum absolute atomic E-state index is 0.157. The maximum atomic E-state index is 12.7. The Morgan fingerprint density at radius 1 is 0.969 bits per heavy atom. The Kier molecular flexibility index (Phi) is 6.63. The predicted octanol–water partition coefficient (Wildman–Crippen LogP) is 6.53. The average Bonchev–Trinajstić information content (AvgIpc) is 3.20. The number of H-pyrrole nitrogens is 1. The molecule has 0 saturated carbocycles. The Hall–Kier alpha value is -3.09. The number of amides is 1. The zero-order valence-corrected chi connectivity index (χ0v) is 19.6. The molecule has 2 N–H and O–H groups in total. The lowest BCUT2D eigenvalue weighted by Gasteiger charge is -2.09. The van der Waals surface area contributed by atoms with Gasteiger partial charge in [0.25, 0.3) is 0 Å². The molecule has 7 heteroatoms. The molecule has 0 aliphatic carbocycles. The number of aromatic amines is 1. The van der Waals surface area contributed by atoms with Crippen LogP contribution in [0, 0.1) is 13.8 Å². The molecule has 5 nitrogen and oxygen atoms in total. The summed E-state index contributed by atoms with van der Waals surface area (Å²) in [5.41, 5.74) is 6.26. The molecular formula is C25H23ClN4OS. The number of carbonyl (C=O) groups excluding carboxylic acids is 1. The van der Waals surface area contributed by atoms with Crippen LogP contribution in [0.2, 0.25) is 5.02 Å². The summed E-state index contributed by atoms with van der Waals surface area (Å²) < 4.78 is 0. The van der Waals surface area contributed by atoms with Crippen LogP contribution in [0.3, 0.4) is 0 Å². The van der Waals surface area contributed by atoms with E-state index in [0.717, 1.165) is 22.5 Å². The van der Waals surface area contributed by atoms with Crippen LogP contribution in [0.15, 0.2) is 72.0 Å². The molecule has 32 heavy (non-hydrogen) atoms. The van der Waals surface area contributed by atoms with Crippen molar-refractivity contribution in [3.8, 4) is 22.5 Å². The maximum Gasteiger partial charge on any atom is 0.238 e. The van der Waals surface area contributed by atoms with Gasteiger partial charge >= 0.3 is 0 Å². The second-order valence-electron chi connectivity index (χ2n) is 7.61. The van der Waals surface area contributed by atoms with E-state index in [1.807, 2.05) is 6.92 Å². The van der Waals surface area contributed by atoms with Crippen LogP contribution in [0.5, 0.6) is 0 Å². The Bertz CT molecular complexity index is 1160. The molecule has 1 unspecified atom stereocenters. The second kappa shape index (κ2) is 9.59. The first-order valence-electron chi connectivity index (χ1n) is 10.2. The van der Waals surface area contributed by atoms with Crippen LogP contribution in [-0.2, 0) is 4.79 Å². The zero-order chi connectivity index (χ0) is 22.7. The number of thioether (sulfide) groups is 1. The van der Waals surface area contributed by atoms with Crippen LogP contribution in [0.4, 0.5) is 5.82 Å². The van der Waals surface area contributed by atoms with Crippen molar-refractivity contribution in [2.45, 2.75) is 31.2 Å². The van der Waals surface area contributed by atoms with Crippen LogP contribution in [-0.4, -0.2) is 26.1 Å². The summed E-state index contributed by atoms with van der Waals surface area (Å²) in [7, 11) is 0. The van der Waals surface area contributed by atoms with Gasteiger partial charge in [-0.1, -0.05) is 83.0 Å². The number of rotatable bonds is 6. The van der Waals surface area contributed by atoms with E-state index in [1.165, 1.54) is 29.1 Å². The lowest BCUT2D eigenvalue weighted by molar-refractivity contribution is -0.115. The summed E-state index contributed by atoms with van der Waals surface area (Å²) in [6.45, 7) is 5.97. The van der Waals surface area contributed by atoms with Gasteiger partial charge in [0.1, 0.15) is 5.82 Å². The third-order valence-electron chi connectivity index (χ3n) is 4.98. The van der Waals surface area contributed by atoms with Crippen molar-refractivity contribution >= 4 is 35.1 Å². The molecule has 2 heterocycles. The highest BCUT2D eigenvalue weighted by Gasteiger charge is 2.20. The van der Waals surface area contributed by atoms with Gasteiger partial charge in [0.2, 0.25) is 5.91 Å². The molecule has 2 aromatic heterocycles. The summed E-state index contributed by atoms with van der Waals surface area (Å²) >= 11 is 7.23. The number of carbonyl (C=O) groups is 1. The first kappa shape index (κ1) is 22.1. The minimum atomic E-state index is -0.379. The Balaban J connectivity index is 1.60. The lowest BCUT2D eigenvalue weighted by Crippen LogP contribution is -2.23. The van der Waals surface area contributed by atoms with Gasteiger partial charge in [0.05, 0.1) is 21.7 Å². The Labute approximate surface area is 196 Å². The highest BCUT2D eigenvalue weighted by molar-refractivity contribution is 8.00. The standard InChI is InChI=1S/C25H23ClN4OS/c1-15-4-8-18(9-5-15)22-23(19-10-6-16(2)7-11-19)30-25(29-22)32-17(3)24(31)28-21-13-12-20(26)14-27-21/h4-14,17H,1-3H3,(H,29,30)(H,27,28,31). The number of nitrogens with zero attached hydrogens (tertiary/aromatic N) is 2. The van der Waals surface area contributed by atoms with Crippen LogP contribution in [0.1, 0.15) is 18.1 Å². The molecule has 1 atom stereocenters. The molecule has 0 aliphatic rings. The fourth-order valence-electron chi connectivity index (χ4n) is 3.16. The molecule has 0 saturated heterocycles. The van der Waals surface area contributed by atoms with E-state index in [1.54, 1.807) is 12.1 Å². The predicted molar refractivity (Wildman–Crippen MR) is 132 cm³/mol. The van der Waals surface area contributed by atoms with E-state index < -0.39 is 0 Å². The average molecular weight is 463 g/mol. The van der Waals surface area contributed by atoms with Crippen molar-refractivity contribution in [1.29, 1.82) is 0 Å². The zero-order valence-electron chi connectivity index (χ0n) is 18.0. The number of hydrogen-bond acceptors (Lipinski definition) is 4. The van der Waals surface area contributed by atoms with Gasteiger partial charge in [-0.2, -0.15) is 0 Å². The normalized spacial score (nSPS) is 11.9. The van der Waals surface area contributed by atoms with E-state index in [0.29, 0.717) is 16.0 Å². The van der Waals surface area contributed by atoms with E-state index in [9.17, 15) is 4.79 Å². The fraction of sp³-hybridized carbons (Fsp3) is 0.160. The van der Waals surface area contributed by atoms with Crippen LogP contribution < -0.4 is 5.32 Å². The summed E-state index contributed by atoms with van der Waals surface area (Å²) in [6.07, 6.45) is 1.50. The van der Waals surface area contributed by atoms with Crippen molar-refractivity contribution < 1.29 is 4.79 Å². The van der Waals surface area contributed by atoms with Crippen molar-refractivity contribution in [2.24, 2.45) is 0 Å². The maximum absolute atomic E-state index is 12.7. The Morgan fingerprint density at radius 2 is 1.59 bits per heavy atom. The summed E-state index contributed by atoms with van der Waals surface area (Å²) in [4.78, 5) is 25.1. The largest absolute Gasteiger partial charge is 0.332 e. The van der Waals surface area contributed by atoms with Crippen molar-refractivity contribution in [3.05, 3.63) is 83.0 Å². The molecule has 0 spiro atoms. The van der Waals surface area contributed by atoms with Gasteiger partial charge in [-0.3, -0.25) is 4.79 Å². The number of nitrogens with one attached hydrogen (secondary N) is 2. The highest BCUT2D eigenvalue weighted by Crippen LogP contribution is 2.34. The number of aromatic nitrogens is 3. The number of hydrogen-bond donors (Lipinski definition) is 2. The number of imidazole rings is 1. The van der Waals surface area contributed by atoms with Gasteiger partial charge in [0.15, 0.2) is 5.16 Å². The van der Waals surface area contributed by atoms with E-state index in [2.05, 4.69) is 77.7 Å². The first-order chi connectivity index (χ1) is 15.4. The molecule has 1 amide bonds. The van der Waals surface area contributed by atoms with Gasteiger partial charge in [-0.25, -0.2) is 9.97 Å². The van der Waals surface area contributed by atoms with Gasteiger partial charge in [-0.05, 0) is 32.9 Å². The van der Waals surface area contributed by atoms with Gasteiger partial charge in [0, 0.05) is 17.3 Å².